The highest BCUT2D eigenvalue weighted by Gasteiger charge is 2.20. The molecular formula is C12H18N2. The molecular weight excluding hydrogens is 172 g/mol. The summed E-state index contributed by atoms with van der Waals surface area (Å²) in [7, 11) is 0. The van der Waals surface area contributed by atoms with Crippen molar-refractivity contribution in [2.75, 3.05) is 5.32 Å². The summed E-state index contributed by atoms with van der Waals surface area (Å²) in [6.07, 6.45) is 9.13. The Kier molecular flexibility index (Phi) is 3.02. The van der Waals surface area contributed by atoms with E-state index in [9.17, 15) is 0 Å². The van der Waals surface area contributed by atoms with Gasteiger partial charge >= 0.3 is 0 Å². The normalized spacial score (nSPS) is 27.2. The molecule has 1 N–H and O–H groups in total. The molecule has 1 aliphatic rings. The van der Waals surface area contributed by atoms with Crippen LogP contribution in [-0.2, 0) is 0 Å². The highest BCUT2D eigenvalue weighted by Crippen LogP contribution is 2.26. The molecule has 1 fully saturated rings. The molecule has 1 heterocycles. The van der Waals surface area contributed by atoms with Crippen LogP contribution in [0.25, 0.3) is 0 Å². The van der Waals surface area contributed by atoms with Crippen molar-refractivity contribution in [1.82, 2.24) is 4.98 Å². The molecule has 2 unspecified atom stereocenters. The van der Waals surface area contributed by atoms with E-state index in [1.54, 1.807) is 0 Å². The van der Waals surface area contributed by atoms with Gasteiger partial charge in [-0.25, -0.2) is 0 Å². The second kappa shape index (κ2) is 4.45. The highest BCUT2D eigenvalue weighted by molar-refractivity contribution is 5.41. The van der Waals surface area contributed by atoms with Gasteiger partial charge in [0.25, 0.3) is 0 Å². The largest absolute Gasteiger partial charge is 0.382 e. The van der Waals surface area contributed by atoms with Crippen LogP contribution in [0.5, 0.6) is 0 Å². The third-order valence-corrected chi connectivity index (χ3v) is 3.14. The zero-order chi connectivity index (χ0) is 9.80. The Morgan fingerprint density at radius 2 is 1.93 bits per heavy atom. The lowest BCUT2D eigenvalue weighted by Crippen LogP contribution is -2.30. The Morgan fingerprint density at radius 3 is 2.64 bits per heavy atom. The van der Waals surface area contributed by atoms with Crippen LogP contribution in [0.2, 0.25) is 0 Å². The first-order chi connectivity index (χ1) is 6.86. The molecule has 2 heteroatoms. The topological polar surface area (TPSA) is 24.9 Å². The lowest BCUT2D eigenvalue weighted by molar-refractivity contribution is 0.349. The highest BCUT2D eigenvalue weighted by atomic mass is 14.9. The minimum Gasteiger partial charge on any atom is -0.382 e. The molecule has 0 aliphatic heterocycles. The fourth-order valence-corrected chi connectivity index (χ4v) is 2.19. The van der Waals surface area contributed by atoms with Crippen LogP contribution >= 0.6 is 0 Å². The molecule has 0 spiro atoms. The van der Waals surface area contributed by atoms with Crippen LogP contribution in [0.15, 0.2) is 24.5 Å². The van der Waals surface area contributed by atoms with Crippen molar-refractivity contribution in [2.45, 2.75) is 38.6 Å². The van der Waals surface area contributed by atoms with Gasteiger partial charge in [-0.15, -0.1) is 0 Å². The van der Waals surface area contributed by atoms with Gasteiger partial charge in [0.1, 0.15) is 0 Å². The third-order valence-electron chi connectivity index (χ3n) is 3.14. The summed E-state index contributed by atoms with van der Waals surface area (Å²) in [5.41, 5.74) is 1.21. The van der Waals surface area contributed by atoms with Gasteiger partial charge in [0.05, 0.1) is 0 Å². The molecule has 2 nitrogen and oxygen atoms in total. The summed E-state index contributed by atoms with van der Waals surface area (Å²) in [6.45, 7) is 2.35. The van der Waals surface area contributed by atoms with Crippen molar-refractivity contribution < 1.29 is 0 Å². The molecule has 2 rings (SSSR count). The first kappa shape index (κ1) is 9.50. The summed E-state index contributed by atoms with van der Waals surface area (Å²) >= 11 is 0. The number of pyridine rings is 1. The molecule has 0 saturated heterocycles. The Morgan fingerprint density at radius 1 is 1.21 bits per heavy atom. The molecule has 0 aromatic carbocycles. The van der Waals surface area contributed by atoms with Gasteiger partial charge in [0, 0.05) is 24.1 Å². The summed E-state index contributed by atoms with van der Waals surface area (Å²) in [6, 6.07) is 4.74. The molecule has 0 bridgehead atoms. The average molecular weight is 190 g/mol. The fraction of sp³-hybridized carbons (Fsp3) is 0.583. The molecule has 1 aromatic heterocycles. The van der Waals surface area contributed by atoms with Gasteiger partial charge in [0.15, 0.2) is 0 Å². The fourth-order valence-electron chi connectivity index (χ4n) is 2.19. The van der Waals surface area contributed by atoms with Crippen LogP contribution in [0, 0.1) is 5.92 Å². The number of hydrogen-bond donors (Lipinski definition) is 1. The van der Waals surface area contributed by atoms with Gasteiger partial charge in [0.2, 0.25) is 0 Å². The standard InChI is InChI=1S/C12H18N2/c1-10-4-2-3-5-12(10)14-11-6-8-13-9-7-11/h6-10,12H,2-5H2,1H3,(H,13,14). The number of rotatable bonds is 2. The summed E-state index contributed by atoms with van der Waals surface area (Å²) in [5, 5.41) is 3.59. The molecule has 2 atom stereocenters. The predicted octanol–water partition coefficient (Wildman–Crippen LogP) is 3.07. The van der Waals surface area contributed by atoms with E-state index in [0.29, 0.717) is 6.04 Å². The van der Waals surface area contributed by atoms with Crippen LogP contribution in [0.3, 0.4) is 0 Å². The first-order valence-electron chi connectivity index (χ1n) is 5.53. The first-order valence-corrected chi connectivity index (χ1v) is 5.53. The van der Waals surface area contributed by atoms with Crippen molar-refractivity contribution in [3.05, 3.63) is 24.5 Å². The third kappa shape index (κ3) is 2.25. The van der Waals surface area contributed by atoms with Crippen molar-refractivity contribution in [2.24, 2.45) is 5.92 Å². The Bertz CT molecular complexity index is 271. The van der Waals surface area contributed by atoms with E-state index < -0.39 is 0 Å². The Balaban J connectivity index is 1.96. The molecule has 14 heavy (non-hydrogen) atoms. The second-order valence-corrected chi connectivity index (χ2v) is 4.25. The summed E-state index contributed by atoms with van der Waals surface area (Å²) < 4.78 is 0. The Labute approximate surface area is 85.7 Å². The zero-order valence-electron chi connectivity index (χ0n) is 8.74. The van der Waals surface area contributed by atoms with Gasteiger partial charge in [-0.2, -0.15) is 0 Å². The molecule has 0 amide bonds. The SMILES string of the molecule is CC1CCCCC1Nc1ccncc1. The van der Waals surface area contributed by atoms with E-state index >= 15 is 0 Å². The van der Waals surface area contributed by atoms with Crippen molar-refractivity contribution in [3.8, 4) is 0 Å². The van der Waals surface area contributed by atoms with Gasteiger partial charge in [-0.1, -0.05) is 19.8 Å². The van der Waals surface area contributed by atoms with Gasteiger partial charge < -0.3 is 5.32 Å². The second-order valence-electron chi connectivity index (χ2n) is 4.25. The lowest BCUT2D eigenvalue weighted by Gasteiger charge is -2.30. The summed E-state index contributed by atoms with van der Waals surface area (Å²) in [5.74, 6) is 0.803. The van der Waals surface area contributed by atoms with Gasteiger partial charge in [-0.3, -0.25) is 4.98 Å². The van der Waals surface area contributed by atoms with E-state index in [2.05, 4.69) is 17.2 Å². The van der Waals surface area contributed by atoms with Crippen molar-refractivity contribution in [3.63, 3.8) is 0 Å². The predicted molar refractivity (Wildman–Crippen MR) is 59.3 cm³/mol. The van der Waals surface area contributed by atoms with Crippen molar-refractivity contribution >= 4 is 5.69 Å². The van der Waals surface area contributed by atoms with E-state index in [1.165, 1.54) is 31.4 Å². The maximum absolute atomic E-state index is 4.02. The molecule has 1 saturated carbocycles. The summed E-state index contributed by atoms with van der Waals surface area (Å²) in [4.78, 5) is 4.02. The smallest absolute Gasteiger partial charge is 0.0373 e. The van der Waals surface area contributed by atoms with E-state index in [0.717, 1.165) is 5.92 Å². The Hall–Kier alpha value is -1.05. The maximum atomic E-state index is 4.02. The molecule has 76 valence electrons. The minimum absolute atomic E-state index is 0.658. The van der Waals surface area contributed by atoms with Crippen LogP contribution in [-0.4, -0.2) is 11.0 Å². The number of nitrogens with zero attached hydrogens (tertiary/aromatic N) is 1. The molecule has 0 radical (unpaired) electrons. The van der Waals surface area contributed by atoms with Crippen LogP contribution in [0.4, 0.5) is 5.69 Å². The monoisotopic (exact) mass is 190 g/mol. The average Bonchev–Trinajstić information content (AvgIpc) is 2.23. The molecule has 1 aromatic rings. The quantitative estimate of drug-likeness (QED) is 0.775. The number of anilines is 1. The number of hydrogen-bond acceptors (Lipinski definition) is 2. The van der Waals surface area contributed by atoms with Crippen LogP contribution < -0.4 is 5.32 Å². The zero-order valence-corrected chi connectivity index (χ0v) is 8.74. The van der Waals surface area contributed by atoms with E-state index in [1.807, 2.05) is 24.5 Å². The van der Waals surface area contributed by atoms with Gasteiger partial charge in [-0.05, 0) is 30.9 Å². The maximum Gasteiger partial charge on any atom is 0.0373 e. The number of nitrogens with one attached hydrogen (secondary N) is 1. The van der Waals surface area contributed by atoms with E-state index in [-0.39, 0.29) is 0 Å². The van der Waals surface area contributed by atoms with E-state index in [4.69, 9.17) is 0 Å². The number of aromatic nitrogens is 1. The molecule has 1 aliphatic carbocycles. The minimum atomic E-state index is 0.658. The van der Waals surface area contributed by atoms with Crippen molar-refractivity contribution in [1.29, 1.82) is 0 Å². The van der Waals surface area contributed by atoms with Crippen LogP contribution in [0.1, 0.15) is 32.6 Å². The lowest BCUT2D eigenvalue weighted by atomic mass is 9.86.